The number of nitrogens with two attached hydrogens (primary N) is 3. The summed E-state index contributed by atoms with van der Waals surface area (Å²) in [7, 11) is 0. The van der Waals surface area contributed by atoms with Crippen LogP contribution < -0.4 is 17.2 Å². The molecule has 0 heterocycles. The summed E-state index contributed by atoms with van der Waals surface area (Å²) in [6.45, 7) is 14.7. The second-order valence-corrected chi connectivity index (χ2v) is 18.6. The number of phenolic OH excluding ortho intramolecular Hbond substituents is 3. The topological polar surface area (TPSA) is 218 Å². The molecule has 12 heteroatoms. The van der Waals surface area contributed by atoms with E-state index in [4.69, 9.17) is 31.4 Å². The van der Waals surface area contributed by atoms with E-state index in [1.54, 1.807) is 0 Å². The molecule has 0 saturated heterocycles. The molecule has 0 aliphatic heterocycles. The molecular formula is C54H87N3O9. The summed E-state index contributed by atoms with van der Waals surface area (Å²) in [5, 5.41) is 28.1. The van der Waals surface area contributed by atoms with Crippen LogP contribution in [-0.4, -0.2) is 53.0 Å². The van der Waals surface area contributed by atoms with Gasteiger partial charge in [0.25, 0.3) is 0 Å². The Labute approximate surface area is 397 Å². The quantitative estimate of drug-likeness (QED) is 0.0121. The van der Waals surface area contributed by atoms with Crippen molar-refractivity contribution in [3.8, 4) is 17.2 Å². The fourth-order valence-corrected chi connectivity index (χ4v) is 6.98. The first-order valence-electron chi connectivity index (χ1n) is 24.8. The van der Waals surface area contributed by atoms with Crippen molar-refractivity contribution >= 4 is 35.0 Å². The van der Waals surface area contributed by atoms with Crippen LogP contribution in [0.1, 0.15) is 207 Å². The number of carbonyl (C=O) groups excluding carboxylic acids is 3. The van der Waals surface area contributed by atoms with Crippen molar-refractivity contribution in [1.29, 1.82) is 0 Å². The minimum absolute atomic E-state index is 0.0151. The highest BCUT2D eigenvalue weighted by atomic mass is 16.5. The van der Waals surface area contributed by atoms with Gasteiger partial charge in [0, 0.05) is 17.1 Å². The number of ether oxygens (including phenoxy) is 3. The number of unbranched alkanes of at least 4 members (excludes halogenated alkanes) is 15. The average Bonchev–Trinajstić information content (AvgIpc) is 3.27. The van der Waals surface area contributed by atoms with Gasteiger partial charge in [-0.05, 0) is 91.6 Å². The largest absolute Gasteiger partial charge is 0.508 e. The summed E-state index contributed by atoms with van der Waals surface area (Å²) >= 11 is 0. The molecule has 372 valence electrons. The smallest absolute Gasteiger partial charge is 0.340 e. The minimum atomic E-state index is -0.469. The standard InChI is InChI=1S/C19H31NO3.C18H29NO3.C17H27NO3/c1-15(2)10-8-6-4-3-5-7-9-13-23-19(22)17-14-16(21)11-12-18(17)20;1-14(2)9-7-5-3-4-6-8-12-22-18(21)16-13-15(20)10-11-17(16)19;1-13(2)8-6-4-3-5-7-11-21-17(20)15-12-14(19)9-10-16(15)18/h11-12,14-15,21H,3-10,13,20H2,1-2H3;10-11,13-14,20H,3-9,12,19H2,1-2H3;9-10,12-13,19H,3-8,11,18H2,1-2H3. The Morgan fingerprint density at radius 2 is 0.591 bits per heavy atom. The number of nitrogen functional groups attached to an aromatic ring is 3. The maximum atomic E-state index is 11.9. The molecule has 0 radical (unpaired) electrons. The predicted molar refractivity (Wildman–Crippen MR) is 270 cm³/mol. The fraction of sp³-hybridized carbons (Fsp3) is 0.611. The Balaban J connectivity index is 0.000000496. The lowest BCUT2D eigenvalue weighted by Gasteiger charge is -2.08. The lowest BCUT2D eigenvalue weighted by Crippen LogP contribution is -2.09. The lowest BCUT2D eigenvalue weighted by molar-refractivity contribution is 0.0489. The molecule has 3 aromatic carbocycles. The Morgan fingerprint density at radius 3 is 0.818 bits per heavy atom. The van der Waals surface area contributed by atoms with Gasteiger partial charge in [-0.3, -0.25) is 0 Å². The van der Waals surface area contributed by atoms with E-state index in [-0.39, 0.29) is 33.9 Å². The average molecular weight is 922 g/mol. The Bertz CT molecular complexity index is 1780. The third-order valence-electron chi connectivity index (χ3n) is 11.0. The number of aromatic hydroxyl groups is 3. The molecular weight excluding hydrogens is 835 g/mol. The molecule has 0 aromatic heterocycles. The van der Waals surface area contributed by atoms with Crippen molar-refractivity contribution in [3.63, 3.8) is 0 Å². The third kappa shape index (κ3) is 29.4. The zero-order valence-corrected chi connectivity index (χ0v) is 41.4. The normalized spacial score (nSPS) is 10.9. The van der Waals surface area contributed by atoms with E-state index in [0.717, 1.165) is 56.3 Å². The van der Waals surface area contributed by atoms with E-state index < -0.39 is 17.9 Å². The number of carbonyl (C=O) groups is 3. The summed E-state index contributed by atoms with van der Waals surface area (Å²) in [6, 6.07) is 12.9. The van der Waals surface area contributed by atoms with Crippen molar-refractivity contribution < 1.29 is 43.9 Å². The zero-order chi connectivity index (χ0) is 49.1. The molecule has 66 heavy (non-hydrogen) atoms. The lowest BCUT2D eigenvalue weighted by atomic mass is 10.0. The molecule has 0 fully saturated rings. The van der Waals surface area contributed by atoms with E-state index in [1.165, 1.54) is 151 Å². The van der Waals surface area contributed by atoms with Crippen molar-refractivity contribution in [2.45, 2.75) is 176 Å². The van der Waals surface area contributed by atoms with Gasteiger partial charge in [0.2, 0.25) is 0 Å². The van der Waals surface area contributed by atoms with Gasteiger partial charge < -0.3 is 46.7 Å². The predicted octanol–water partition coefficient (Wildman–Crippen LogP) is 13.6. The minimum Gasteiger partial charge on any atom is -0.508 e. The highest BCUT2D eigenvalue weighted by Crippen LogP contribution is 2.22. The van der Waals surface area contributed by atoms with E-state index >= 15 is 0 Å². The SMILES string of the molecule is CC(C)CCCCCCCCCOC(=O)c1cc(O)ccc1N.CC(C)CCCCCCCCOC(=O)c1cc(O)ccc1N.CC(C)CCCCCCCOC(=O)c1cc(O)ccc1N. The summed E-state index contributed by atoms with van der Waals surface area (Å²) in [6.07, 6.45) is 24.9. The van der Waals surface area contributed by atoms with Crippen LogP contribution in [0.2, 0.25) is 0 Å². The maximum Gasteiger partial charge on any atom is 0.340 e. The molecule has 3 rings (SSSR count). The first-order valence-corrected chi connectivity index (χ1v) is 24.8. The number of anilines is 3. The second kappa shape index (κ2) is 36.0. The van der Waals surface area contributed by atoms with Gasteiger partial charge in [-0.15, -0.1) is 0 Å². The molecule has 0 aliphatic rings. The third-order valence-corrected chi connectivity index (χ3v) is 11.0. The summed E-state index contributed by atoms with van der Waals surface area (Å²) in [5.41, 5.74) is 18.8. The van der Waals surface area contributed by atoms with Crippen LogP contribution in [0, 0.1) is 17.8 Å². The molecule has 0 spiro atoms. The second-order valence-electron chi connectivity index (χ2n) is 18.6. The highest BCUT2D eigenvalue weighted by Gasteiger charge is 2.14. The van der Waals surface area contributed by atoms with Crippen LogP contribution in [0.25, 0.3) is 0 Å². The Kier molecular flexibility index (Phi) is 32.2. The number of hydrogen-bond donors (Lipinski definition) is 6. The van der Waals surface area contributed by atoms with Crippen LogP contribution in [0.4, 0.5) is 17.1 Å². The van der Waals surface area contributed by atoms with Crippen LogP contribution in [-0.2, 0) is 14.2 Å². The van der Waals surface area contributed by atoms with Gasteiger partial charge >= 0.3 is 17.9 Å². The van der Waals surface area contributed by atoms with Gasteiger partial charge in [0.15, 0.2) is 0 Å². The molecule has 0 unspecified atom stereocenters. The molecule has 9 N–H and O–H groups in total. The molecule has 12 nitrogen and oxygen atoms in total. The van der Waals surface area contributed by atoms with Gasteiger partial charge in [-0.1, -0.05) is 157 Å². The number of hydrogen-bond acceptors (Lipinski definition) is 12. The summed E-state index contributed by atoms with van der Waals surface area (Å²) in [5.74, 6) is 1.03. The van der Waals surface area contributed by atoms with Gasteiger partial charge in [-0.2, -0.15) is 0 Å². The Morgan fingerprint density at radius 1 is 0.379 bits per heavy atom. The van der Waals surface area contributed by atoms with Crippen molar-refractivity contribution in [2.75, 3.05) is 37.0 Å². The van der Waals surface area contributed by atoms with Crippen molar-refractivity contribution in [3.05, 3.63) is 71.3 Å². The van der Waals surface area contributed by atoms with Crippen molar-refractivity contribution in [1.82, 2.24) is 0 Å². The molecule has 0 aliphatic carbocycles. The van der Waals surface area contributed by atoms with Crippen molar-refractivity contribution in [2.24, 2.45) is 17.8 Å². The number of rotatable bonds is 30. The van der Waals surface area contributed by atoms with Crippen LogP contribution in [0.15, 0.2) is 54.6 Å². The molecule has 0 amide bonds. The van der Waals surface area contributed by atoms with E-state index in [1.807, 2.05) is 0 Å². The van der Waals surface area contributed by atoms with Gasteiger partial charge in [-0.25, -0.2) is 14.4 Å². The van der Waals surface area contributed by atoms with Crippen LogP contribution >= 0.6 is 0 Å². The van der Waals surface area contributed by atoms with E-state index in [2.05, 4.69) is 41.5 Å². The van der Waals surface area contributed by atoms with E-state index in [9.17, 15) is 29.7 Å². The van der Waals surface area contributed by atoms with Gasteiger partial charge in [0.05, 0.1) is 36.5 Å². The Hall–Kier alpha value is -5.13. The maximum absolute atomic E-state index is 11.9. The molecule has 0 saturated carbocycles. The van der Waals surface area contributed by atoms with E-state index in [0.29, 0.717) is 36.9 Å². The first kappa shape index (κ1) is 58.9. The first-order chi connectivity index (χ1) is 31.5. The monoisotopic (exact) mass is 922 g/mol. The zero-order valence-electron chi connectivity index (χ0n) is 41.4. The summed E-state index contributed by atoms with van der Waals surface area (Å²) in [4.78, 5) is 35.5. The summed E-state index contributed by atoms with van der Waals surface area (Å²) < 4.78 is 15.6. The molecule has 0 bridgehead atoms. The van der Waals surface area contributed by atoms with Gasteiger partial charge in [0.1, 0.15) is 17.2 Å². The fourth-order valence-electron chi connectivity index (χ4n) is 6.98. The molecule has 0 atom stereocenters. The molecule has 3 aromatic rings. The number of esters is 3. The highest BCUT2D eigenvalue weighted by molar-refractivity contribution is 5.96. The van der Waals surface area contributed by atoms with Crippen LogP contribution in [0.5, 0.6) is 17.2 Å². The number of benzene rings is 3. The van der Waals surface area contributed by atoms with Crippen LogP contribution in [0.3, 0.4) is 0 Å². The number of phenols is 3.